The number of anilines is 1. The highest BCUT2D eigenvalue weighted by Gasteiger charge is 2.24. The molecule has 96 valence electrons. The van der Waals surface area contributed by atoms with Gasteiger partial charge in [-0.1, -0.05) is 12.1 Å². The van der Waals surface area contributed by atoms with E-state index in [9.17, 15) is 8.42 Å². The monoisotopic (exact) mass is 256 g/mol. The molecule has 0 aliphatic rings. The molecule has 0 aliphatic carbocycles. The number of nitrogens with two attached hydrogens (primary N) is 1. The summed E-state index contributed by atoms with van der Waals surface area (Å²) in [6.07, 6.45) is 0. The minimum Gasteiger partial charge on any atom is -0.326 e. The maximum atomic E-state index is 12.2. The summed E-state index contributed by atoms with van der Waals surface area (Å²) in [4.78, 5) is 0. The number of sulfonamides is 1. The van der Waals surface area contributed by atoms with E-state index in [2.05, 4.69) is 0 Å². The summed E-state index contributed by atoms with van der Waals surface area (Å²) in [5.74, 6) is 0. The van der Waals surface area contributed by atoms with Crippen LogP contribution in [-0.2, 0) is 16.6 Å². The predicted molar refractivity (Wildman–Crippen MR) is 71.4 cm³/mol. The van der Waals surface area contributed by atoms with Crippen LogP contribution in [0.1, 0.15) is 26.3 Å². The van der Waals surface area contributed by atoms with E-state index in [0.29, 0.717) is 18.8 Å². The zero-order valence-electron chi connectivity index (χ0n) is 10.6. The zero-order valence-corrected chi connectivity index (χ0v) is 11.4. The van der Waals surface area contributed by atoms with Crippen molar-refractivity contribution in [1.82, 2.24) is 0 Å². The van der Waals surface area contributed by atoms with Gasteiger partial charge < -0.3 is 5.73 Å². The van der Waals surface area contributed by atoms with Gasteiger partial charge in [-0.15, -0.1) is 0 Å². The van der Waals surface area contributed by atoms with E-state index in [0.717, 1.165) is 5.56 Å². The summed E-state index contributed by atoms with van der Waals surface area (Å²) in [7, 11) is -3.27. The van der Waals surface area contributed by atoms with Gasteiger partial charge in [0.05, 0.1) is 10.9 Å². The van der Waals surface area contributed by atoms with Gasteiger partial charge in [-0.2, -0.15) is 0 Å². The summed E-state index contributed by atoms with van der Waals surface area (Å²) in [5.41, 5.74) is 7.18. The average molecular weight is 256 g/mol. The van der Waals surface area contributed by atoms with Gasteiger partial charge in [0.25, 0.3) is 0 Å². The molecule has 0 aliphatic heterocycles. The molecule has 0 amide bonds. The number of hydrogen-bond acceptors (Lipinski definition) is 3. The Balaban J connectivity index is 3.18. The lowest BCUT2D eigenvalue weighted by atomic mass is 10.2. The van der Waals surface area contributed by atoms with E-state index >= 15 is 0 Å². The van der Waals surface area contributed by atoms with Crippen molar-refractivity contribution >= 4 is 15.7 Å². The molecular weight excluding hydrogens is 236 g/mol. The van der Waals surface area contributed by atoms with Gasteiger partial charge in [0.2, 0.25) is 10.0 Å². The molecule has 0 unspecified atom stereocenters. The molecule has 0 saturated heterocycles. The van der Waals surface area contributed by atoms with E-state index in [4.69, 9.17) is 5.73 Å². The Morgan fingerprint density at radius 3 is 2.47 bits per heavy atom. The molecule has 4 nitrogen and oxygen atoms in total. The molecule has 0 saturated carbocycles. The Bertz CT molecular complexity index is 469. The van der Waals surface area contributed by atoms with Crippen molar-refractivity contribution in [2.45, 2.75) is 32.6 Å². The molecule has 0 radical (unpaired) electrons. The molecule has 0 fully saturated rings. The van der Waals surface area contributed by atoms with Crippen LogP contribution in [0.15, 0.2) is 24.3 Å². The number of benzene rings is 1. The minimum absolute atomic E-state index is 0.410. The Kier molecular flexibility index (Phi) is 4.54. The van der Waals surface area contributed by atoms with Crippen LogP contribution in [0, 0.1) is 0 Å². The Morgan fingerprint density at radius 1 is 1.35 bits per heavy atom. The SMILES string of the molecule is CCN(c1cccc(CN)c1)S(=O)(=O)C(C)C. The van der Waals surface area contributed by atoms with Gasteiger partial charge in [-0.3, -0.25) is 4.31 Å². The first kappa shape index (κ1) is 14.0. The van der Waals surface area contributed by atoms with Gasteiger partial charge in [0.15, 0.2) is 0 Å². The van der Waals surface area contributed by atoms with Gasteiger partial charge in [-0.05, 0) is 38.5 Å². The highest BCUT2D eigenvalue weighted by molar-refractivity contribution is 7.93. The quantitative estimate of drug-likeness (QED) is 0.872. The van der Waals surface area contributed by atoms with E-state index in [-0.39, 0.29) is 0 Å². The molecule has 1 rings (SSSR count). The normalized spacial score (nSPS) is 11.8. The second-order valence-electron chi connectivity index (χ2n) is 4.13. The lowest BCUT2D eigenvalue weighted by Crippen LogP contribution is -2.36. The summed E-state index contributed by atoms with van der Waals surface area (Å²) in [5, 5.41) is -0.427. The lowest BCUT2D eigenvalue weighted by molar-refractivity contribution is 0.583. The average Bonchev–Trinajstić information content (AvgIpc) is 2.29. The third-order valence-electron chi connectivity index (χ3n) is 2.62. The van der Waals surface area contributed by atoms with Crippen LogP contribution in [0.4, 0.5) is 5.69 Å². The summed E-state index contributed by atoms with van der Waals surface area (Å²) < 4.78 is 25.7. The highest BCUT2D eigenvalue weighted by Crippen LogP contribution is 2.21. The van der Waals surface area contributed by atoms with Crippen molar-refractivity contribution in [1.29, 1.82) is 0 Å². The lowest BCUT2D eigenvalue weighted by Gasteiger charge is -2.25. The van der Waals surface area contributed by atoms with Crippen LogP contribution >= 0.6 is 0 Å². The fourth-order valence-electron chi connectivity index (χ4n) is 1.60. The minimum atomic E-state index is -3.27. The highest BCUT2D eigenvalue weighted by atomic mass is 32.2. The van der Waals surface area contributed by atoms with Crippen LogP contribution in [0.3, 0.4) is 0 Å². The van der Waals surface area contributed by atoms with Gasteiger partial charge in [-0.25, -0.2) is 8.42 Å². The van der Waals surface area contributed by atoms with Gasteiger partial charge in [0, 0.05) is 13.1 Å². The number of rotatable bonds is 5. The Hall–Kier alpha value is -1.07. The third kappa shape index (κ3) is 2.98. The molecule has 1 aromatic carbocycles. The predicted octanol–water partition coefficient (Wildman–Crippen LogP) is 1.71. The molecule has 0 bridgehead atoms. The first-order chi connectivity index (χ1) is 7.93. The summed E-state index contributed by atoms with van der Waals surface area (Å²) in [6.45, 7) is 6.03. The van der Waals surface area contributed by atoms with Crippen LogP contribution in [0.2, 0.25) is 0 Å². The molecule has 0 atom stereocenters. The van der Waals surface area contributed by atoms with Crippen LogP contribution < -0.4 is 10.0 Å². The molecule has 1 aromatic rings. The van der Waals surface area contributed by atoms with E-state index in [1.807, 2.05) is 25.1 Å². The Labute approximate surface area is 103 Å². The zero-order chi connectivity index (χ0) is 13.1. The van der Waals surface area contributed by atoms with E-state index in [1.165, 1.54) is 4.31 Å². The van der Waals surface area contributed by atoms with Crippen molar-refractivity contribution in [2.75, 3.05) is 10.8 Å². The van der Waals surface area contributed by atoms with Gasteiger partial charge in [0.1, 0.15) is 0 Å². The van der Waals surface area contributed by atoms with Crippen LogP contribution in [0.25, 0.3) is 0 Å². The number of hydrogen-bond donors (Lipinski definition) is 1. The third-order valence-corrected chi connectivity index (χ3v) is 4.90. The standard InChI is InChI=1S/C12H20N2O2S/c1-4-14(17(15,16)10(2)3)12-7-5-6-11(8-12)9-13/h5-8,10H,4,9,13H2,1-3H3. The van der Waals surface area contributed by atoms with Crippen molar-refractivity contribution in [3.05, 3.63) is 29.8 Å². The van der Waals surface area contributed by atoms with E-state index in [1.54, 1.807) is 19.9 Å². The molecule has 17 heavy (non-hydrogen) atoms. The van der Waals surface area contributed by atoms with Crippen LogP contribution in [-0.4, -0.2) is 20.2 Å². The number of nitrogens with zero attached hydrogens (tertiary/aromatic N) is 1. The molecule has 0 aromatic heterocycles. The molecular formula is C12H20N2O2S. The second kappa shape index (κ2) is 5.51. The van der Waals surface area contributed by atoms with Crippen molar-refractivity contribution in [3.63, 3.8) is 0 Å². The molecule has 0 spiro atoms. The largest absolute Gasteiger partial charge is 0.326 e. The van der Waals surface area contributed by atoms with Crippen molar-refractivity contribution < 1.29 is 8.42 Å². The van der Waals surface area contributed by atoms with Crippen molar-refractivity contribution in [2.24, 2.45) is 5.73 Å². The summed E-state index contributed by atoms with van der Waals surface area (Å²) >= 11 is 0. The molecule has 5 heteroatoms. The van der Waals surface area contributed by atoms with E-state index < -0.39 is 15.3 Å². The first-order valence-corrected chi connectivity index (χ1v) is 7.24. The topological polar surface area (TPSA) is 63.4 Å². The first-order valence-electron chi connectivity index (χ1n) is 5.74. The fraction of sp³-hybridized carbons (Fsp3) is 0.500. The van der Waals surface area contributed by atoms with Gasteiger partial charge >= 0.3 is 0 Å². The second-order valence-corrected chi connectivity index (χ2v) is 6.55. The maximum Gasteiger partial charge on any atom is 0.237 e. The summed E-state index contributed by atoms with van der Waals surface area (Å²) in [6, 6.07) is 7.33. The fourth-order valence-corrected chi connectivity index (χ4v) is 2.88. The smallest absolute Gasteiger partial charge is 0.237 e. The maximum absolute atomic E-state index is 12.2. The molecule has 2 N–H and O–H groups in total. The molecule has 0 heterocycles. The van der Waals surface area contributed by atoms with Crippen molar-refractivity contribution in [3.8, 4) is 0 Å². The Morgan fingerprint density at radius 2 is 2.00 bits per heavy atom. The van der Waals surface area contributed by atoms with Crippen LogP contribution in [0.5, 0.6) is 0 Å².